The van der Waals surface area contributed by atoms with Gasteiger partial charge < -0.3 is 4.98 Å². The Hall–Kier alpha value is -2.16. The molecule has 0 fully saturated rings. The summed E-state index contributed by atoms with van der Waals surface area (Å²) >= 11 is 0. The lowest BCUT2D eigenvalue weighted by molar-refractivity contribution is 1.35. The van der Waals surface area contributed by atoms with E-state index in [1.165, 1.54) is 6.20 Å². The second-order valence-electron chi connectivity index (χ2n) is 3.42. The van der Waals surface area contributed by atoms with Crippen LogP contribution in [-0.2, 0) is 0 Å². The van der Waals surface area contributed by atoms with Gasteiger partial charge in [-0.05, 0) is 12.1 Å². The van der Waals surface area contributed by atoms with Crippen molar-refractivity contribution in [2.45, 2.75) is 0 Å². The highest BCUT2D eigenvalue weighted by atomic mass is 16.1. The third-order valence-corrected chi connectivity index (χ3v) is 2.50. The standard InChI is InChI=1S/C12H8N2O/c15-11-7-13-6-5-10-12(11)8-3-1-2-4-9(8)14-10/h1-7,14H. The van der Waals surface area contributed by atoms with E-state index in [1.54, 1.807) is 6.20 Å². The van der Waals surface area contributed by atoms with Crippen molar-refractivity contribution in [2.75, 3.05) is 0 Å². The molecule has 0 radical (unpaired) electrons. The zero-order valence-electron chi connectivity index (χ0n) is 7.90. The van der Waals surface area contributed by atoms with Gasteiger partial charge in [-0.3, -0.25) is 9.78 Å². The van der Waals surface area contributed by atoms with Crippen LogP contribution in [0.4, 0.5) is 0 Å². The highest BCUT2D eigenvalue weighted by Crippen LogP contribution is 2.20. The van der Waals surface area contributed by atoms with Crippen molar-refractivity contribution >= 4 is 21.8 Å². The van der Waals surface area contributed by atoms with Gasteiger partial charge in [0, 0.05) is 17.1 Å². The van der Waals surface area contributed by atoms with Gasteiger partial charge >= 0.3 is 0 Å². The number of nitrogens with zero attached hydrogens (tertiary/aromatic N) is 1. The third kappa shape index (κ3) is 1.13. The molecule has 2 heterocycles. The second-order valence-corrected chi connectivity index (χ2v) is 3.42. The van der Waals surface area contributed by atoms with Gasteiger partial charge in [0.2, 0.25) is 5.43 Å². The molecular formula is C12H8N2O. The predicted octanol–water partition coefficient (Wildman–Crippen LogP) is 2.08. The van der Waals surface area contributed by atoms with Gasteiger partial charge in [-0.2, -0.15) is 0 Å². The molecule has 3 rings (SSSR count). The molecule has 1 N–H and O–H groups in total. The van der Waals surface area contributed by atoms with E-state index in [0.717, 1.165) is 16.4 Å². The fourth-order valence-corrected chi connectivity index (χ4v) is 1.85. The Morgan fingerprint density at radius 2 is 1.93 bits per heavy atom. The Kier molecular flexibility index (Phi) is 1.59. The van der Waals surface area contributed by atoms with E-state index in [-0.39, 0.29) is 5.43 Å². The SMILES string of the molecule is O=c1cnccc2[nH]c3ccccc3c12. The first-order valence-electron chi connectivity index (χ1n) is 4.71. The number of hydrogen-bond donors (Lipinski definition) is 1. The summed E-state index contributed by atoms with van der Waals surface area (Å²) in [4.78, 5) is 18.8. The van der Waals surface area contributed by atoms with Gasteiger partial charge in [0.25, 0.3) is 0 Å². The first-order valence-corrected chi connectivity index (χ1v) is 4.71. The van der Waals surface area contributed by atoms with Crippen molar-refractivity contribution in [1.82, 2.24) is 9.97 Å². The molecule has 2 aromatic heterocycles. The number of hydrogen-bond acceptors (Lipinski definition) is 2. The number of nitrogens with one attached hydrogen (secondary N) is 1. The second kappa shape index (κ2) is 2.92. The lowest BCUT2D eigenvalue weighted by Crippen LogP contribution is -1.94. The molecule has 0 amide bonds. The largest absolute Gasteiger partial charge is 0.354 e. The van der Waals surface area contributed by atoms with Gasteiger partial charge in [-0.15, -0.1) is 0 Å². The molecular weight excluding hydrogens is 188 g/mol. The quantitative estimate of drug-likeness (QED) is 0.598. The minimum Gasteiger partial charge on any atom is -0.354 e. The molecule has 3 nitrogen and oxygen atoms in total. The van der Waals surface area contributed by atoms with Crippen LogP contribution in [0.15, 0.2) is 47.5 Å². The molecule has 0 saturated heterocycles. The number of aromatic amines is 1. The van der Waals surface area contributed by atoms with Gasteiger partial charge in [0.1, 0.15) is 0 Å². The minimum absolute atomic E-state index is 0.0487. The van der Waals surface area contributed by atoms with Gasteiger partial charge in [0.15, 0.2) is 0 Å². The van der Waals surface area contributed by atoms with Crippen LogP contribution < -0.4 is 5.43 Å². The van der Waals surface area contributed by atoms with E-state index >= 15 is 0 Å². The molecule has 0 aliphatic carbocycles. The summed E-state index contributed by atoms with van der Waals surface area (Å²) in [6, 6.07) is 9.59. The fraction of sp³-hybridized carbons (Fsp3) is 0. The molecule has 0 spiro atoms. The summed E-state index contributed by atoms with van der Waals surface area (Å²) < 4.78 is 0. The summed E-state index contributed by atoms with van der Waals surface area (Å²) in [6.07, 6.45) is 2.97. The van der Waals surface area contributed by atoms with Crippen LogP contribution in [-0.4, -0.2) is 9.97 Å². The maximum atomic E-state index is 11.8. The number of benzene rings is 1. The van der Waals surface area contributed by atoms with Crippen molar-refractivity contribution in [1.29, 1.82) is 0 Å². The van der Waals surface area contributed by atoms with Crippen LogP contribution in [0.25, 0.3) is 21.8 Å². The zero-order chi connectivity index (χ0) is 10.3. The average molecular weight is 196 g/mol. The van der Waals surface area contributed by atoms with E-state index in [0.29, 0.717) is 5.39 Å². The molecule has 1 aromatic carbocycles. The number of fused-ring (bicyclic) bond motifs is 3. The van der Waals surface area contributed by atoms with Crippen molar-refractivity contribution in [3.63, 3.8) is 0 Å². The topological polar surface area (TPSA) is 45.8 Å². The summed E-state index contributed by atoms with van der Waals surface area (Å²) in [5, 5.41) is 1.67. The van der Waals surface area contributed by atoms with Crippen molar-refractivity contribution < 1.29 is 0 Å². The molecule has 0 atom stereocenters. The third-order valence-electron chi connectivity index (χ3n) is 2.50. The number of H-pyrrole nitrogens is 1. The smallest absolute Gasteiger partial charge is 0.206 e. The van der Waals surface area contributed by atoms with E-state index in [2.05, 4.69) is 9.97 Å². The Bertz CT molecular complexity index is 700. The summed E-state index contributed by atoms with van der Waals surface area (Å²) in [5.41, 5.74) is 1.77. The number of para-hydroxylation sites is 1. The van der Waals surface area contributed by atoms with Crippen LogP contribution in [0.3, 0.4) is 0 Å². The number of rotatable bonds is 0. The zero-order valence-corrected chi connectivity index (χ0v) is 7.90. The monoisotopic (exact) mass is 196 g/mol. The molecule has 0 aliphatic rings. The lowest BCUT2D eigenvalue weighted by Gasteiger charge is -1.85. The van der Waals surface area contributed by atoms with Crippen LogP contribution in [0.1, 0.15) is 0 Å². The number of aromatic nitrogens is 2. The summed E-state index contributed by atoms with van der Waals surface area (Å²) in [6.45, 7) is 0. The van der Waals surface area contributed by atoms with Crippen LogP contribution in [0.2, 0.25) is 0 Å². The van der Waals surface area contributed by atoms with Crippen LogP contribution >= 0.6 is 0 Å². The predicted molar refractivity (Wildman–Crippen MR) is 59.9 cm³/mol. The van der Waals surface area contributed by atoms with Crippen molar-refractivity contribution in [3.8, 4) is 0 Å². The van der Waals surface area contributed by atoms with E-state index < -0.39 is 0 Å². The van der Waals surface area contributed by atoms with E-state index in [4.69, 9.17) is 0 Å². The Balaban J connectivity index is 2.72. The van der Waals surface area contributed by atoms with Crippen molar-refractivity contribution in [3.05, 3.63) is 52.9 Å². The molecule has 72 valence electrons. The molecule has 0 saturated carbocycles. The summed E-state index contributed by atoms with van der Waals surface area (Å²) in [5.74, 6) is 0. The van der Waals surface area contributed by atoms with Crippen LogP contribution in [0.5, 0.6) is 0 Å². The molecule has 3 heteroatoms. The van der Waals surface area contributed by atoms with E-state index in [1.807, 2.05) is 30.3 Å². The lowest BCUT2D eigenvalue weighted by atomic mass is 10.2. The maximum absolute atomic E-state index is 11.8. The normalized spacial score (nSPS) is 10.9. The molecule has 0 unspecified atom stereocenters. The molecule has 0 bridgehead atoms. The fourth-order valence-electron chi connectivity index (χ4n) is 1.85. The van der Waals surface area contributed by atoms with Gasteiger partial charge in [0.05, 0.1) is 17.1 Å². The Morgan fingerprint density at radius 1 is 1.07 bits per heavy atom. The highest BCUT2D eigenvalue weighted by Gasteiger charge is 2.04. The summed E-state index contributed by atoms with van der Waals surface area (Å²) in [7, 11) is 0. The Labute approximate surface area is 85.4 Å². The molecule has 0 aliphatic heterocycles. The average Bonchev–Trinajstić information content (AvgIpc) is 2.53. The first-order chi connectivity index (χ1) is 7.36. The maximum Gasteiger partial charge on any atom is 0.206 e. The van der Waals surface area contributed by atoms with Gasteiger partial charge in [-0.1, -0.05) is 18.2 Å². The Morgan fingerprint density at radius 3 is 2.87 bits per heavy atom. The van der Waals surface area contributed by atoms with Crippen molar-refractivity contribution in [2.24, 2.45) is 0 Å². The minimum atomic E-state index is -0.0487. The molecule has 3 aromatic rings. The highest BCUT2D eigenvalue weighted by molar-refractivity contribution is 6.06. The first kappa shape index (κ1) is 8.17. The van der Waals surface area contributed by atoms with E-state index in [9.17, 15) is 4.79 Å². The van der Waals surface area contributed by atoms with Crippen LogP contribution in [0, 0.1) is 0 Å². The van der Waals surface area contributed by atoms with Gasteiger partial charge in [-0.25, -0.2) is 0 Å². The molecule has 15 heavy (non-hydrogen) atoms.